The first-order valence-electron chi connectivity index (χ1n) is 6.25. The van der Waals surface area contributed by atoms with Crippen LogP contribution in [0.4, 0.5) is 4.39 Å². The lowest BCUT2D eigenvalue weighted by Gasteiger charge is -2.23. The van der Waals surface area contributed by atoms with E-state index in [1.807, 2.05) is 0 Å². The summed E-state index contributed by atoms with van der Waals surface area (Å²) in [6, 6.07) is 5.76. The van der Waals surface area contributed by atoms with Crippen LogP contribution in [-0.2, 0) is 14.3 Å². The van der Waals surface area contributed by atoms with Gasteiger partial charge in [-0.3, -0.25) is 9.59 Å². The normalized spacial score (nSPS) is 10.8. The molecule has 1 aromatic carbocycles. The van der Waals surface area contributed by atoms with Gasteiger partial charge in [-0.25, -0.2) is 4.39 Å². The van der Waals surface area contributed by atoms with E-state index in [0.717, 1.165) is 0 Å². The van der Waals surface area contributed by atoms with Gasteiger partial charge in [0.25, 0.3) is 0 Å². The lowest BCUT2D eigenvalue weighted by atomic mass is 10.2. The molecule has 20 heavy (non-hydrogen) atoms. The monoisotopic (exact) mass is 279 g/mol. The van der Waals surface area contributed by atoms with E-state index in [0.29, 0.717) is 5.56 Å². The van der Waals surface area contributed by atoms with Crippen molar-refractivity contribution in [2.75, 3.05) is 13.7 Å². The number of nitrogens with zero attached hydrogens (tertiary/aromatic N) is 1. The highest BCUT2D eigenvalue weighted by Gasteiger charge is 2.18. The minimum atomic E-state index is -0.480. The summed E-state index contributed by atoms with van der Waals surface area (Å²) in [7, 11) is 1.27. The first-order chi connectivity index (χ1) is 9.43. The van der Waals surface area contributed by atoms with E-state index in [1.165, 1.54) is 36.3 Å². The van der Waals surface area contributed by atoms with Gasteiger partial charge < -0.3 is 9.64 Å². The molecule has 0 bridgehead atoms. The topological polar surface area (TPSA) is 46.6 Å². The van der Waals surface area contributed by atoms with Crippen molar-refractivity contribution in [3.8, 4) is 0 Å². The van der Waals surface area contributed by atoms with Crippen molar-refractivity contribution in [1.82, 2.24) is 4.90 Å². The molecule has 0 saturated heterocycles. The molecule has 0 radical (unpaired) electrons. The predicted octanol–water partition coefficient (Wildman–Crippen LogP) is 2.25. The van der Waals surface area contributed by atoms with E-state index in [4.69, 9.17) is 0 Å². The summed E-state index contributed by atoms with van der Waals surface area (Å²) in [5.41, 5.74) is 0.583. The number of methoxy groups -OCH3 is 1. The highest BCUT2D eigenvalue weighted by Crippen LogP contribution is 2.07. The first-order valence-corrected chi connectivity index (χ1v) is 6.25. The number of hydrogen-bond donors (Lipinski definition) is 0. The zero-order valence-electron chi connectivity index (χ0n) is 11.8. The van der Waals surface area contributed by atoms with Crippen LogP contribution >= 0.6 is 0 Å². The molecule has 4 nitrogen and oxygen atoms in total. The molecule has 0 aromatic heterocycles. The molecule has 1 aromatic rings. The molecule has 0 atom stereocenters. The van der Waals surface area contributed by atoms with Crippen molar-refractivity contribution in [2.45, 2.75) is 19.9 Å². The Morgan fingerprint density at radius 1 is 1.40 bits per heavy atom. The molecule has 0 N–H and O–H groups in total. The Hall–Kier alpha value is -2.17. The molecule has 108 valence electrons. The maximum atomic E-state index is 13.0. The van der Waals surface area contributed by atoms with Crippen molar-refractivity contribution in [3.05, 3.63) is 41.7 Å². The van der Waals surface area contributed by atoms with Gasteiger partial charge in [-0.2, -0.15) is 0 Å². The largest absolute Gasteiger partial charge is 0.468 e. The van der Waals surface area contributed by atoms with Crippen LogP contribution in [0.2, 0.25) is 0 Å². The molecule has 0 saturated carbocycles. The van der Waals surface area contributed by atoms with Crippen LogP contribution in [-0.4, -0.2) is 36.5 Å². The van der Waals surface area contributed by atoms with E-state index in [2.05, 4.69) is 4.74 Å². The van der Waals surface area contributed by atoms with E-state index in [1.54, 1.807) is 26.0 Å². The zero-order chi connectivity index (χ0) is 15.1. The Labute approximate surface area is 117 Å². The fourth-order valence-electron chi connectivity index (χ4n) is 1.59. The van der Waals surface area contributed by atoms with Gasteiger partial charge in [-0.15, -0.1) is 0 Å². The summed E-state index contributed by atoms with van der Waals surface area (Å²) < 4.78 is 17.6. The number of esters is 1. The van der Waals surface area contributed by atoms with E-state index in [9.17, 15) is 14.0 Å². The van der Waals surface area contributed by atoms with Crippen molar-refractivity contribution < 1.29 is 18.7 Å². The smallest absolute Gasteiger partial charge is 0.325 e. The first kappa shape index (κ1) is 15.9. The maximum Gasteiger partial charge on any atom is 0.325 e. The summed E-state index contributed by atoms with van der Waals surface area (Å²) in [6.45, 7) is 3.49. The third-order valence-electron chi connectivity index (χ3n) is 2.70. The van der Waals surface area contributed by atoms with Crippen LogP contribution in [0.1, 0.15) is 19.4 Å². The highest BCUT2D eigenvalue weighted by molar-refractivity contribution is 5.93. The van der Waals surface area contributed by atoms with Gasteiger partial charge in [0.15, 0.2) is 0 Å². The number of amides is 1. The average Bonchev–Trinajstić information content (AvgIpc) is 2.41. The molecule has 5 heteroatoms. The van der Waals surface area contributed by atoms with Gasteiger partial charge in [-0.1, -0.05) is 12.1 Å². The number of carbonyl (C=O) groups is 2. The van der Waals surface area contributed by atoms with Gasteiger partial charge in [0.1, 0.15) is 12.4 Å². The van der Waals surface area contributed by atoms with Crippen molar-refractivity contribution in [1.29, 1.82) is 0 Å². The minimum Gasteiger partial charge on any atom is -0.468 e. The number of ether oxygens (including phenoxy) is 1. The summed E-state index contributed by atoms with van der Waals surface area (Å²) in [5.74, 6) is -1.17. The molecule has 0 unspecified atom stereocenters. The molecule has 0 heterocycles. The van der Waals surface area contributed by atoms with Gasteiger partial charge in [0, 0.05) is 12.1 Å². The summed E-state index contributed by atoms with van der Waals surface area (Å²) in [4.78, 5) is 24.7. The van der Waals surface area contributed by atoms with Gasteiger partial charge in [-0.05, 0) is 37.6 Å². The van der Waals surface area contributed by atoms with E-state index >= 15 is 0 Å². The fourth-order valence-corrected chi connectivity index (χ4v) is 1.59. The van der Waals surface area contributed by atoms with Crippen molar-refractivity contribution in [2.24, 2.45) is 0 Å². The van der Waals surface area contributed by atoms with Gasteiger partial charge in [0.2, 0.25) is 5.91 Å². The maximum absolute atomic E-state index is 13.0. The SMILES string of the molecule is COC(=O)CN(C(=O)/C=C/c1cccc(F)c1)C(C)C. The molecule has 0 aliphatic carbocycles. The Balaban J connectivity index is 2.78. The van der Waals surface area contributed by atoms with Crippen LogP contribution in [0.25, 0.3) is 6.08 Å². The van der Waals surface area contributed by atoms with Gasteiger partial charge in [0.05, 0.1) is 7.11 Å². The lowest BCUT2D eigenvalue weighted by Crippen LogP contribution is -2.40. The molecule has 0 spiro atoms. The third kappa shape index (κ3) is 4.84. The lowest BCUT2D eigenvalue weighted by molar-refractivity contribution is -0.146. The van der Waals surface area contributed by atoms with E-state index in [-0.39, 0.29) is 24.3 Å². The number of benzene rings is 1. The van der Waals surface area contributed by atoms with Gasteiger partial charge >= 0.3 is 5.97 Å². The van der Waals surface area contributed by atoms with E-state index < -0.39 is 5.97 Å². The summed E-state index contributed by atoms with van der Waals surface area (Å²) in [6.07, 6.45) is 2.83. The van der Waals surface area contributed by atoms with Crippen LogP contribution in [0.5, 0.6) is 0 Å². The number of rotatable bonds is 5. The zero-order valence-corrected chi connectivity index (χ0v) is 11.8. The number of hydrogen-bond acceptors (Lipinski definition) is 3. The predicted molar refractivity (Wildman–Crippen MR) is 74.3 cm³/mol. The Kier molecular flexibility index (Phi) is 5.90. The molecule has 1 rings (SSSR count). The Morgan fingerprint density at radius 2 is 2.10 bits per heavy atom. The van der Waals surface area contributed by atoms with Crippen LogP contribution in [0.15, 0.2) is 30.3 Å². The second-order valence-electron chi connectivity index (χ2n) is 4.52. The standard InChI is InChI=1S/C15H18FNO3/c1-11(2)17(10-15(19)20-3)14(18)8-7-12-5-4-6-13(16)9-12/h4-9,11H,10H2,1-3H3/b8-7+. The van der Waals surface area contributed by atoms with Crippen molar-refractivity contribution in [3.63, 3.8) is 0 Å². The minimum absolute atomic E-state index is 0.111. The Morgan fingerprint density at radius 3 is 2.65 bits per heavy atom. The fraction of sp³-hybridized carbons (Fsp3) is 0.333. The number of carbonyl (C=O) groups excluding carboxylic acids is 2. The summed E-state index contributed by atoms with van der Waals surface area (Å²) >= 11 is 0. The molecule has 0 fully saturated rings. The molecular formula is C15H18FNO3. The van der Waals surface area contributed by atoms with Crippen LogP contribution in [0.3, 0.4) is 0 Å². The van der Waals surface area contributed by atoms with Crippen LogP contribution in [0, 0.1) is 5.82 Å². The molecule has 0 aliphatic rings. The average molecular weight is 279 g/mol. The molecule has 1 amide bonds. The number of halogens is 1. The molecule has 0 aliphatic heterocycles. The highest BCUT2D eigenvalue weighted by atomic mass is 19.1. The third-order valence-corrected chi connectivity index (χ3v) is 2.70. The second kappa shape index (κ2) is 7.43. The summed E-state index contributed by atoms with van der Waals surface area (Å²) in [5, 5.41) is 0. The van der Waals surface area contributed by atoms with Crippen LogP contribution < -0.4 is 0 Å². The second-order valence-corrected chi connectivity index (χ2v) is 4.52. The Bertz CT molecular complexity index is 512. The molecular weight excluding hydrogens is 261 g/mol. The quantitative estimate of drug-likeness (QED) is 0.613. The van der Waals surface area contributed by atoms with Crippen molar-refractivity contribution >= 4 is 18.0 Å².